The fraction of sp³-hybridized carbons (Fsp3) is 0.357. The number of hydrogen-bond donors (Lipinski definition) is 1. The van der Waals surface area contributed by atoms with Gasteiger partial charge in [0.25, 0.3) is 0 Å². The summed E-state index contributed by atoms with van der Waals surface area (Å²) in [6.45, 7) is 0. The Balaban J connectivity index is 2.39. The molecule has 1 aliphatic rings. The van der Waals surface area contributed by atoms with Crippen molar-refractivity contribution in [2.24, 2.45) is 5.16 Å². The highest BCUT2D eigenvalue weighted by atomic mass is 32.2. The molecule has 0 saturated heterocycles. The number of rotatable bonds is 2. The Labute approximate surface area is 113 Å². The van der Waals surface area contributed by atoms with Crippen molar-refractivity contribution in [3.05, 3.63) is 42.5 Å². The number of sulfone groups is 1. The number of benzene rings is 1. The third-order valence-electron chi connectivity index (χ3n) is 3.28. The van der Waals surface area contributed by atoms with Crippen molar-refractivity contribution < 1.29 is 13.6 Å². The average Bonchev–Trinajstić information content (AvgIpc) is 2.39. The molecule has 1 N–H and O–H groups in total. The molecule has 0 aromatic heterocycles. The van der Waals surface area contributed by atoms with Gasteiger partial charge in [0.1, 0.15) is 5.25 Å². The van der Waals surface area contributed by atoms with E-state index in [0.29, 0.717) is 31.4 Å². The molecule has 4 nitrogen and oxygen atoms in total. The Bertz CT molecular complexity index is 576. The first kappa shape index (κ1) is 13.8. The molecule has 0 aliphatic heterocycles. The van der Waals surface area contributed by atoms with Gasteiger partial charge in [-0.2, -0.15) is 0 Å². The Kier molecular flexibility index (Phi) is 4.37. The van der Waals surface area contributed by atoms with Gasteiger partial charge in [0.15, 0.2) is 9.84 Å². The zero-order valence-electron chi connectivity index (χ0n) is 10.6. The molecule has 0 unspecified atom stereocenters. The molecule has 0 amide bonds. The van der Waals surface area contributed by atoms with Crippen LogP contribution in [0.2, 0.25) is 0 Å². The van der Waals surface area contributed by atoms with E-state index in [0.717, 1.165) is 0 Å². The van der Waals surface area contributed by atoms with E-state index in [-0.39, 0.29) is 4.90 Å². The van der Waals surface area contributed by atoms with Gasteiger partial charge in [0.05, 0.1) is 10.6 Å². The Morgan fingerprint density at radius 1 is 1.11 bits per heavy atom. The normalized spacial score (nSPS) is 22.9. The molecule has 0 radical (unpaired) electrons. The summed E-state index contributed by atoms with van der Waals surface area (Å²) in [5.74, 6) is 0. The van der Waals surface area contributed by atoms with E-state index in [1.54, 1.807) is 30.3 Å². The van der Waals surface area contributed by atoms with E-state index >= 15 is 0 Å². The quantitative estimate of drug-likeness (QED) is 0.514. The average molecular weight is 279 g/mol. The topological polar surface area (TPSA) is 66.7 Å². The summed E-state index contributed by atoms with van der Waals surface area (Å²) in [6, 6.07) is 8.34. The Morgan fingerprint density at radius 3 is 2.47 bits per heavy atom. The van der Waals surface area contributed by atoms with Crippen LogP contribution in [-0.4, -0.2) is 24.6 Å². The minimum atomic E-state index is -3.49. The van der Waals surface area contributed by atoms with Crippen molar-refractivity contribution in [2.75, 3.05) is 0 Å². The summed E-state index contributed by atoms with van der Waals surface area (Å²) in [5, 5.41) is 11.6. The van der Waals surface area contributed by atoms with Crippen LogP contribution in [0.5, 0.6) is 0 Å². The van der Waals surface area contributed by atoms with E-state index in [2.05, 4.69) is 5.16 Å². The molecule has 0 bridgehead atoms. The monoisotopic (exact) mass is 279 g/mol. The number of allylic oxidation sites excluding steroid dienone is 2. The van der Waals surface area contributed by atoms with Crippen molar-refractivity contribution in [3.63, 3.8) is 0 Å². The highest BCUT2D eigenvalue weighted by Crippen LogP contribution is 2.24. The molecule has 102 valence electrons. The molecule has 1 atom stereocenters. The summed E-state index contributed by atoms with van der Waals surface area (Å²) < 4.78 is 25.2. The van der Waals surface area contributed by atoms with Gasteiger partial charge in [0.2, 0.25) is 0 Å². The predicted octanol–water partition coefficient (Wildman–Crippen LogP) is 2.79. The molecule has 0 heterocycles. The lowest BCUT2D eigenvalue weighted by atomic mass is 10.0. The van der Waals surface area contributed by atoms with E-state index in [9.17, 15) is 8.42 Å². The molecular formula is C14H17NO3S. The first-order valence-corrected chi connectivity index (χ1v) is 7.85. The van der Waals surface area contributed by atoms with E-state index < -0.39 is 15.1 Å². The van der Waals surface area contributed by atoms with Gasteiger partial charge in [-0.1, -0.05) is 35.5 Å². The van der Waals surface area contributed by atoms with Crippen LogP contribution in [0.3, 0.4) is 0 Å². The SMILES string of the molecule is O=S(=O)(c1ccccc1)[C@@H]1CCC=CCC/C1=N/O. The summed E-state index contributed by atoms with van der Waals surface area (Å²) in [7, 11) is -3.49. The third-order valence-corrected chi connectivity index (χ3v) is 5.46. The fourth-order valence-electron chi connectivity index (χ4n) is 2.27. The summed E-state index contributed by atoms with van der Waals surface area (Å²) >= 11 is 0. The zero-order chi connectivity index (χ0) is 13.7. The van der Waals surface area contributed by atoms with Crippen molar-refractivity contribution >= 4 is 15.5 Å². The fourth-order valence-corrected chi connectivity index (χ4v) is 4.10. The lowest BCUT2D eigenvalue weighted by Gasteiger charge is -2.19. The Morgan fingerprint density at radius 2 is 1.79 bits per heavy atom. The van der Waals surface area contributed by atoms with Crippen LogP contribution in [0, 0.1) is 0 Å². The molecule has 1 aromatic carbocycles. The molecule has 1 aromatic rings. The van der Waals surface area contributed by atoms with Gasteiger partial charge in [-0.3, -0.25) is 0 Å². The molecule has 0 saturated carbocycles. The summed E-state index contributed by atoms with van der Waals surface area (Å²) in [4.78, 5) is 0.283. The molecule has 0 fully saturated rings. The number of hydrogen-bond acceptors (Lipinski definition) is 4. The largest absolute Gasteiger partial charge is 0.411 e. The Hall–Kier alpha value is -1.62. The van der Waals surface area contributed by atoms with Gasteiger partial charge in [-0.15, -0.1) is 0 Å². The second kappa shape index (κ2) is 6.02. The van der Waals surface area contributed by atoms with Crippen molar-refractivity contribution in [1.29, 1.82) is 0 Å². The maximum atomic E-state index is 12.6. The van der Waals surface area contributed by atoms with Crippen LogP contribution < -0.4 is 0 Å². The van der Waals surface area contributed by atoms with Crippen LogP contribution in [-0.2, 0) is 9.84 Å². The first-order chi connectivity index (χ1) is 9.16. The molecule has 1 aliphatic carbocycles. The minimum absolute atomic E-state index is 0.283. The van der Waals surface area contributed by atoms with Crippen LogP contribution in [0.15, 0.2) is 52.5 Å². The lowest BCUT2D eigenvalue weighted by molar-refractivity contribution is 0.316. The van der Waals surface area contributed by atoms with Crippen LogP contribution >= 0.6 is 0 Å². The lowest BCUT2D eigenvalue weighted by Crippen LogP contribution is -2.31. The third kappa shape index (κ3) is 3.04. The van der Waals surface area contributed by atoms with Crippen LogP contribution in [0.4, 0.5) is 0 Å². The predicted molar refractivity (Wildman–Crippen MR) is 74.2 cm³/mol. The number of nitrogens with zero attached hydrogens (tertiary/aromatic N) is 1. The van der Waals surface area contributed by atoms with Crippen molar-refractivity contribution in [1.82, 2.24) is 0 Å². The molecule has 0 spiro atoms. The highest BCUT2D eigenvalue weighted by molar-refractivity contribution is 7.92. The highest BCUT2D eigenvalue weighted by Gasteiger charge is 2.31. The summed E-state index contributed by atoms with van der Waals surface area (Å²) in [5.41, 5.74) is 0.355. The maximum absolute atomic E-state index is 12.6. The molecule has 19 heavy (non-hydrogen) atoms. The zero-order valence-corrected chi connectivity index (χ0v) is 11.4. The standard InChI is InChI=1S/C14H17NO3S/c16-15-13-10-6-1-2-7-11-14(13)19(17,18)12-8-4-3-5-9-12/h1-5,8-9,14,16H,6-7,10-11H2/b2-1?,15-13-/t14-/m1/s1. The van der Waals surface area contributed by atoms with Gasteiger partial charge in [-0.05, 0) is 37.8 Å². The van der Waals surface area contributed by atoms with E-state index in [4.69, 9.17) is 5.21 Å². The molecule has 5 heteroatoms. The van der Waals surface area contributed by atoms with Crippen molar-refractivity contribution in [3.8, 4) is 0 Å². The van der Waals surface area contributed by atoms with Gasteiger partial charge < -0.3 is 5.21 Å². The van der Waals surface area contributed by atoms with E-state index in [1.165, 1.54) is 0 Å². The van der Waals surface area contributed by atoms with Crippen LogP contribution in [0.1, 0.15) is 25.7 Å². The number of oxime groups is 1. The maximum Gasteiger partial charge on any atom is 0.186 e. The minimum Gasteiger partial charge on any atom is -0.411 e. The van der Waals surface area contributed by atoms with E-state index in [1.807, 2.05) is 12.2 Å². The van der Waals surface area contributed by atoms with Gasteiger partial charge in [0, 0.05) is 0 Å². The molecular weight excluding hydrogens is 262 g/mol. The second-order valence-electron chi connectivity index (χ2n) is 4.53. The van der Waals surface area contributed by atoms with Crippen LogP contribution in [0.25, 0.3) is 0 Å². The molecule has 2 rings (SSSR count). The summed E-state index contributed by atoms with van der Waals surface area (Å²) in [6.07, 6.45) is 6.30. The van der Waals surface area contributed by atoms with Gasteiger partial charge >= 0.3 is 0 Å². The smallest absolute Gasteiger partial charge is 0.186 e. The van der Waals surface area contributed by atoms with Crippen molar-refractivity contribution in [2.45, 2.75) is 35.8 Å². The van der Waals surface area contributed by atoms with Gasteiger partial charge in [-0.25, -0.2) is 8.42 Å². The second-order valence-corrected chi connectivity index (χ2v) is 6.66. The first-order valence-electron chi connectivity index (χ1n) is 6.31.